The van der Waals surface area contributed by atoms with Crippen LogP contribution in [0.4, 0.5) is 14.6 Å². The highest BCUT2D eigenvalue weighted by Gasteiger charge is 2.13. The van der Waals surface area contributed by atoms with Gasteiger partial charge >= 0.3 is 6.61 Å². The van der Waals surface area contributed by atoms with E-state index in [1.807, 2.05) is 0 Å². The van der Waals surface area contributed by atoms with Crippen molar-refractivity contribution in [2.75, 3.05) is 5.73 Å². The number of hydrogen-bond acceptors (Lipinski definition) is 3. The standard InChI is InChI=1S/C11H11F2N3O/c1-16-10(14)6-8(15-16)7-4-2-3-5-9(7)17-11(12)13/h2-6,11H,14H2,1H3. The Morgan fingerprint density at radius 1 is 1.35 bits per heavy atom. The molecular weight excluding hydrogens is 228 g/mol. The molecule has 0 radical (unpaired) electrons. The van der Waals surface area contributed by atoms with Gasteiger partial charge in [-0.05, 0) is 12.1 Å². The van der Waals surface area contributed by atoms with E-state index in [2.05, 4.69) is 9.84 Å². The fraction of sp³-hybridized carbons (Fsp3) is 0.182. The fourth-order valence-electron chi connectivity index (χ4n) is 1.49. The van der Waals surface area contributed by atoms with Crippen LogP contribution in [0.3, 0.4) is 0 Å². The van der Waals surface area contributed by atoms with Crippen LogP contribution in [0.15, 0.2) is 30.3 Å². The zero-order chi connectivity index (χ0) is 12.4. The Balaban J connectivity index is 2.44. The maximum atomic E-state index is 12.2. The van der Waals surface area contributed by atoms with E-state index in [9.17, 15) is 8.78 Å². The van der Waals surface area contributed by atoms with Crippen molar-refractivity contribution in [3.05, 3.63) is 30.3 Å². The van der Waals surface area contributed by atoms with E-state index in [-0.39, 0.29) is 5.75 Å². The lowest BCUT2D eigenvalue weighted by atomic mass is 10.1. The Morgan fingerprint density at radius 3 is 2.65 bits per heavy atom. The van der Waals surface area contributed by atoms with Crippen molar-refractivity contribution in [2.45, 2.75) is 6.61 Å². The summed E-state index contributed by atoms with van der Waals surface area (Å²) in [5.41, 5.74) is 6.63. The van der Waals surface area contributed by atoms with E-state index in [0.29, 0.717) is 17.1 Å². The normalized spacial score (nSPS) is 10.8. The van der Waals surface area contributed by atoms with E-state index >= 15 is 0 Å². The van der Waals surface area contributed by atoms with Crippen LogP contribution < -0.4 is 10.5 Å². The maximum Gasteiger partial charge on any atom is 0.387 e. The molecule has 0 amide bonds. The van der Waals surface area contributed by atoms with Crippen LogP contribution in [-0.2, 0) is 7.05 Å². The number of halogens is 2. The van der Waals surface area contributed by atoms with Gasteiger partial charge in [0.05, 0.1) is 5.69 Å². The Bertz CT molecular complexity index is 506. The van der Waals surface area contributed by atoms with Gasteiger partial charge in [0, 0.05) is 18.7 Å². The molecule has 0 unspecified atom stereocenters. The first kappa shape index (κ1) is 11.4. The van der Waals surface area contributed by atoms with Gasteiger partial charge < -0.3 is 10.5 Å². The molecule has 0 saturated heterocycles. The molecule has 2 aromatic rings. The lowest BCUT2D eigenvalue weighted by Gasteiger charge is -2.08. The summed E-state index contributed by atoms with van der Waals surface area (Å²) in [7, 11) is 1.68. The van der Waals surface area contributed by atoms with E-state index in [1.165, 1.54) is 10.7 Å². The summed E-state index contributed by atoms with van der Waals surface area (Å²) in [5, 5.41) is 4.12. The van der Waals surface area contributed by atoms with Gasteiger partial charge in [-0.3, -0.25) is 4.68 Å². The average Bonchev–Trinajstić information content (AvgIpc) is 2.59. The Hall–Kier alpha value is -2.11. The largest absolute Gasteiger partial charge is 0.434 e. The van der Waals surface area contributed by atoms with E-state index < -0.39 is 6.61 Å². The highest BCUT2D eigenvalue weighted by molar-refractivity contribution is 5.69. The van der Waals surface area contributed by atoms with Crippen molar-refractivity contribution in [3.63, 3.8) is 0 Å². The van der Waals surface area contributed by atoms with Gasteiger partial charge in [0.15, 0.2) is 0 Å². The van der Waals surface area contributed by atoms with Crippen LogP contribution >= 0.6 is 0 Å². The average molecular weight is 239 g/mol. The third-order valence-corrected chi connectivity index (χ3v) is 2.30. The molecule has 1 aromatic heterocycles. The summed E-state index contributed by atoms with van der Waals surface area (Å²) < 4.78 is 30.3. The highest BCUT2D eigenvalue weighted by Crippen LogP contribution is 2.30. The van der Waals surface area contributed by atoms with Crippen molar-refractivity contribution in [1.29, 1.82) is 0 Å². The number of rotatable bonds is 3. The van der Waals surface area contributed by atoms with Crippen molar-refractivity contribution in [3.8, 4) is 17.0 Å². The molecule has 0 aliphatic heterocycles. The van der Waals surface area contributed by atoms with Crippen molar-refractivity contribution in [1.82, 2.24) is 9.78 Å². The summed E-state index contributed by atoms with van der Waals surface area (Å²) in [6.45, 7) is -2.86. The van der Waals surface area contributed by atoms with Crippen molar-refractivity contribution >= 4 is 5.82 Å². The van der Waals surface area contributed by atoms with Gasteiger partial charge in [-0.15, -0.1) is 0 Å². The number of nitrogen functional groups attached to an aromatic ring is 1. The van der Waals surface area contributed by atoms with Gasteiger partial charge in [-0.1, -0.05) is 12.1 Å². The fourth-order valence-corrected chi connectivity index (χ4v) is 1.49. The zero-order valence-electron chi connectivity index (χ0n) is 9.10. The van der Waals surface area contributed by atoms with Gasteiger partial charge in [0.1, 0.15) is 11.6 Å². The van der Waals surface area contributed by atoms with Gasteiger partial charge in [-0.2, -0.15) is 13.9 Å². The summed E-state index contributed by atoms with van der Waals surface area (Å²) in [5.74, 6) is 0.535. The van der Waals surface area contributed by atoms with Gasteiger partial charge in [0.25, 0.3) is 0 Å². The molecule has 0 fully saturated rings. The zero-order valence-corrected chi connectivity index (χ0v) is 9.10. The van der Waals surface area contributed by atoms with Gasteiger partial charge in [0.2, 0.25) is 0 Å². The van der Waals surface area contributed by atoms with E-state index in [4.69, 9.17) is 5.73 Å². The number of ether oxygens (including phenoxy) is 1. The van der Waals surface area contributed by atoms with E-state index in [1.54, 1.807) is 31.3 Å². The molecule has 0 aliphatic carbocycles. The molecule has 4 nitrogen and oxygen atoms in total. The number of aryl methyl sites for hydroxylation is 1. The van der Waals surface area contributed by atoms with Crippen molar-refractivity contribution in [2.24, 2.45) is 7.05 Å². The molecule has 17 heavy (non-hydrogen) atoms. The minimum Gasteiger partial charge on any atom is -0.434 e. The van der Waals surface area contributed by atoms with Crippen LogP contribution in [0.1, 0.15) is 0 Å². The first-order chi connectivity index (χ1) is 8.08. The van der Waals surface area contributed by atoms with Crippen LogP contribution in [0.25, 0.3) is 11.3 Å². The number of anilines is 1. The molecule has 6 heteroatoms. The van der Waals surface area contributed by atoms with E-state index in [0.717, 1.165) is 0 Å². The Morgan fingerprint density at radius 2 is 2.06 bits per heavy atom. The molecule has 90 valence electrons. The molecule has 0 aliphatic rings. The molecule has 0 bridgehead atoms. The van der Waals surface area contributed by atoms with Crippen LogP contribution in [0, 0.1) is 0 Å². The summed E-state index contributed by atoms with van der Waals surface area (Å²) in [4.78, 5) is 0. The molecule has 0 atom stereocenters. The van der Waals surface area contributed by atoms with Crippen molar-refractivity contribution < 1.29 is 13.5 Å². The minimum atomic E-state index is -2.86. The maximum absolute atomic E-state index is 12.2. The third kappa shape index (κ3) is 2.35. The molecular formula is C11H11F2N3O. The molecule has 0 saturated carbocycles. The third-order valence-electron chi connectivity index (χ3n) is 2.30. The van der Waals surface area contributed by atoms with Gasteiger partial charge in [-0.25, -0.2) is 0 Å². The predicted molar refractivity (Wildman–Crippen MR) is 59.7 cm³/mol. The summed E-state index contributed by atoms with van der Waals surface area (Å²) in [6, 6.07) is 8.06. The Labute approximate surface area is 96.6 Å². The number of aromatic nitrogens is 2. The number of benzene rings is 1. The first-order valence-corrected chi connectivity index (χ1v) is 4.91. The quantitative estimate of drug-likeness (QED) is 0.893. The smallest absolute Gasteiger partial charge is 0.387 e. The molecule has 2 N–H and O–H groups in total. The molecule has 2 rings (SSSR count). The lowest BCUT2D eigenvalue weighted by molar-refractivity contribution is -0.0494. The lowest BCUT2D eigenvalue weighted by Crippen LogP contribution is -2.03. The monoisotopic (exact) mass is 239 g/mol. The second kappa shape index (κ2) is 4.40. The highest BCUT2D eigenvalue weighted by atomic mass is 19.3. The number of alkyl halides is 2. The van der Waals surface area contributed by atoms with Crippen LogP contribution in [-0.4, -0.2) is 16.4 Å². The molecule has 0 spiro atoms. The minimum absolute atomic E-state index is 0.0839. The second-order valence-electron chi connectivity index (χ2n) is 3.45. The summed E-state index contributed by atoms with van der Waals surface area (Å²) >= 11 is 0. The molecule has 1 heterocycles. The van der Waals surface area contributed by atoms with Crippen LogP contribution in [0.5, 0.6) is 5.75 Å². The Kier molecular flexibility index (Phi) is 2.95. The van der Waals surface area contributed by atoms with Crippen LogP contribution in [0.2, 0.25) is 0 Å². The number of nitrogens with two attached hydrogens (primary N) is 1. The summed E-state index contributed by atoms with van der Waals surface area (Å²) in [6.07, 6.45) is 0. The predicted octanol–water partition coefficient (Wildman–Crippen LogP) is 2.27. The number of nitrogens with zero attached hydrogens (tertiary/aromatic N) is 2. The second-order valence-corrected chi connectivity index (χ2v) is 3.45. The topological polar surface area (TPSA) is 53.1 Å². The first-order valence-electron chi connectivity index (χ1n) is 4.91. The SMILES string of the molecule is Cn1nc(-c2ccccc2OC(F)F)cc1N. The number of hydrogen-bond donors (Lipinski definition) is 1. The number of para-hydroxylation sites is 1. The molecule has 1 aromatic carbocycles.